The van der Waals surface area contributed by atoms with Gasteiger partial charge in [-0.2, -0.15) is 13.2 Å². The molecule has 0 spiro atoms. The summed E-state index contributed by atoms with van der Waals surface area (Å²) in [5.41, 5.74) is 0.0356. The summed E-state index contributed by atoms with van der Waals surface area (Å²) in [6.07, 6.45) is -3.72. The van der Waals surface area contributed by atoms with Crippen LogP contribution in [0.2, 0.25) is 0 Å². The van der Waals surface area contributed by atoms with Crippen LogP contribution in [0.5, 0.6) is 5.75 Å². The van der Waals surface area contributed by atoms with E-state index in [1.165, 1.54) is 12.1 Å². The Morgan fingerprint density at radius 2 is 1.71 bits per heavy atom. The number of carbonyl (C=O) groups is 2. The smallest absolute Gasteiger partial charge is 0.416 e. The Morgan fingerprint density at radius 3 is 2.32 bits per heavy atom. The molecule has 1 N–H and O–H groups in total. The predicted octanol–water partition coefficient (Wildman–Crippen LogP) is 5.39. The standard InChI is InChI=1S/C24H22F3NO3/c1-15(2)21(13-29)28-23(30)20-12-9-17-5-3-4-6-19(17)22(20)31-14-16-7-10-18(11-8-16)24(25,26)27/h3-13,15,21H,14H2,1-2H3,(H,28,30)/t21-/m1/s1. The zero-order valence-electron chi connectivity index (χ0n) is 17.1. The molecule has 1 amide bonds. The average molecular weight is 429 g/mol. The summed E-state index contributed by atoms with van der Waals surface area (Å²) in [5, 5.41) is 4.23. The molecule has 1 atom stereocenters. The van der Waals surface area contributed by atoms with Gasteiger partial charge in [-0.25, -0.2) is 0 Å². The van der Waals surface area contributed by atoms with E-state index in [0.717, 1.165) is 17.5 Å². The second-order valence-electron chi connectivity index (χ2n) is 7.53. The van der Waals surface area contributed by atoms with Crippen molar-refractivity contribution in [2.45, 2.75) is 32.7 Å². The van der Waals surface area contributed by atoms with Crippen LogP contribution in [0, 0.1) is 5.92 Å². The van der Waals surface area contributed by atoms with Crippen molar-refractivity contribution in [2.24, 2.45) is 5.92 Å². The summed E-state index contributed by atoms with van der Waals surface area (Å²) < 4.78 is 44.3. The topological polar surface area (TPSA) is 55.4 Å². The second kappa shape index (κ2) is 9.20. The number of benzene rings is 3. The number of alkyl halides is 3. The minimum Gasteiger partial charge on any atom is -0.487 e. The highest BCUT2D eigenvalue weighted by Gasteiger charge is 2.30. The highest BCUT2D eigenvalue weighted by atomic mass is 19.4. The third kappa shape index (κ3) is 5.23. The number of ether oxygens (including phenoxy) is 1. The molecule has 3 rings (SSSR count). The molecular weight excluding hydrogens is 407 g/mol. The van der Waals surface area contributed by atoms with E-state index in [2.05, 4.69) is 5.32 Å². The van der Waals surface area contributed by atoms with Crippen molar-refractivity contribution in [3.8, 4) is 5.75 Å². The minimum atomic E-state index is -4.41. The van der Waals surface area contributed by atoms with Crippen molar-refractivity contribution in [3.05, 3.63) is 77.4 Å². The number of aldehydes is 1. The first kappa shape index (κ1) is 22.3. The first-order valence-electron chi connectivity index (χ1n) is 9.77. The van der Waals surface area contributed by atoms with E-state index in [9.17, 15) is 22.8 Å². The molecule has 4 nitrogen and oxygen atoms in total. The van der Waals surface area contributed by atoms with Crippen LogP contribution in [0.25, 0.3) is 10.8 Å². The Kier molecular flexibility index (Phi) is 6.63. The molecule has 3 aromatic carbocycles. The predicted molar refractivity (Wildman–Crippen MR) is 112 cm³/mol. The number of nitrogens with one attached hydrogen (secondary N) is 1. The van der Waals surface area contributed by atoms with Gasteiger partial charge in [-0.05, 0) is 35.1 Å². The maximum absolute atomic E-state index is 12.9. The van der Waals surface area contributed by atoms with Gasteiger partial charge in [0.2, 0.25) is 0 Å². The molecule has 31 heavy (non-hydrogen) atoms. The molecule has 0 bridgehead atoms. The van der Waals surface area contributed by atoms with Gasteiger partial charge in [-0.15, -0.1) is 0 Å². The molecule has 0 saturated carbocycles. The van der Waals surface area contributed by atoms with Crippen LogP contribution in [-0.2, 0) is 17.6 Å². The summed E-state index contributed by atoms with van der Waals surface area (Å²) in [6.45, 7) is 3.62. The fourth-order valence-corrected chi connectivity index (χ4v) is 3.11. The zero-order chi connectivity index (χ0) is 22.6. The molecule has 0 saturated heterocycles. The number of carbonyl (C=O) groups excluding carboxylic acids is 2. The number of fused-ring (bicyclic) bond motifs is 1. The molecule has 0 aliphatic carbocycles. The maximum atomic E-state index is 12.9. The van der Waals surface area contributed by atoms with Crippen LogP contribution >= 0.6 is 0 Å². The van der Waals surface area contributed by atoms with Gasteiger partial charge in [0, 0.05) is 5.39 Å². The Morgan fingerprint density at radius 1 is 1.03 bits per heavy atom. The molecule has 0 aliphatic rings. The molecule has 0 aliphatic heterocycles. The highest BCUT2D eigenvalue weighted by Crippen LogP contribution is 2.32. The zero-order valence-corrected chi connectivity index (χ0v) is 17.1. The maximum Gasteiger partial charge on any atom is 0.416 e. The Balaban J connectivity index is 1.91. The van der Waals surface area contributed by atoms with E-state index in [0.29, 0.717) is 23.0 Å². The third-order valence-corrected chi connectivity index (χ3v) is 4.95. The summed E-state index contributed by atoms with van der Waals surface area (Å²) in [7, 11) is 0. The lowest BCUT2D eigenvalue weighted by Crippen LogP contribution is -2.39. The molecule has 0 heterocycles. The van der Waals surface area contributed by atoms with Gasteiger partial charge in [0.15, 0.2) is 0 Å². The molecule has 0 unspecified atom stereocenters. The van der Waals surface area contributed by atoms with Gasteiger partial charge < -0.3 is 14.8 Å². The lowest BCUT2D eigenvalue weighted by atomic mass is 10.0. The number of rotatable bonds is 7. The SMILES string of the molecule is CC(C)[C@@H](C=O)NC(=O)c1ccc2ccccc2c1OCc1ccc(C(F)(F)F)cc1. The molecule has 3 aromatic rings. The Hall–Kier alpha value is -3.35. The van der Waals surface area contributed by atoms with Crippen LogP contribution in [-0.4, -0.2) is 18.2 Å². The van der Waals surface area contributed by atoms with Crippen molar-refractivity contribution in [1.82, 2.24) is 5.32 Å². The second-order valence-corrected chi connectivity index (χ2v) is 7.53. The van der Waals surface area contributed by atoms with Crippen molar-refractivity contribution in [1.29, 1.82) is 0 Å². The Labute approximate surface area is 178 Å². The fraction of sp³-hybridized carbons (Fsp3) is 0.250. The largest absolute Gasteiger partial charge is 0.487 e. The van der Waals surface area contributed by atoms with Gasteiger partial charge in [0.05, 0.1) is 17.2 Å². The summed E-state index contributed by atoms with van der Waals surface area (Å²) in [4.78, 5) is 24.2. The molecule has 162 valence electrons. The molecule has 0 radical (unpaired) electrons. The number of amides is 1. The quantitative estimate of drug-likeness (QED) is 0.513. The molecule has 0 aromatic heterocycles. The van der Waals surface area contributed by atoms with E-state index < -0.39 is 23.7 Å². The van der Waals surface area contributed by atoms with Crippen molar-refractivity contribution >= 4 is 23.0 Å². The fourth-order valence-electron chi connectivity index (χ4n) is 3.11. The number of hydrogen-bond acceptors (Lipinski definition) is 3. The number of halogens is 3. The van der Waals surface area contributed by atoms with Gasteiger partial charge >= 0.3 is 6.18 Å². The summed E-state index contributed by atoms with van der Waals surface area (Å²) >= 11 is 0. The molecule has 7 heteroatoms. The van der Waals surface area contributed by atoms with Gasteiger partial charge in [0.25, 0.3) is 5.91 Å². The molecular formula is C24H22F3NO3. The normalized spacial score (nSPS) is 12.6. The average Bonchev–Trinajstić information content (AvgIpc) is 2.74. The Bertz CT molecular complexity index is 1080. The van der Waals surface area contributed by atoms with E-state index in [4.69, 9.17) is 4.74 Å². The third-order valence-electron chi connectivity index (χ3n) is 4.95. The van der Waals surface area contributed by atoms with E-state index >= 15 is 0 Å². The lowest BCUT2D eigenvalue weighted by molar-refractivity contribution is -0.137. The van der Waals surface area contributed by atoms with Crippen LogP contribution < -0.4 is 10.1 Å². The summed E-state index contributed by atoms with van der Waals surface area (Å²) in [6, 6.07) is 14.7. The molecule has 0 fully saturated rings. The van der Waals surface area contributed by atoms with Gasteiger partial charge in [-0.3, -0.25) is 4.79 Å². The van der Waals surface area contributed by atoms with Crippen LogP contribution in [0.4, 0.5) is 13.2 Å². The van der Waals surface area contributed by atoms with E-state index in [-0.39, 0.29) is 18.1 Å². The lowest BCUT2D eigenvalue weighted by Gasteiger charge is -2.19. The first-order chi connectivity index (χ1) is 14.7. The summed E-state index contributed by atoms with van der Waals surface area (Å²) in [5.74, 6) is -0.235. The van der Waals surface area contributed by atoms with Crippen LogP contribution in [0.3, 0.4) is 0 Å². The van der Waals surface area contributed by atoms with Crippen molar-refractivity contribution in [3.63, 3.8) is 0 Å². The number of hydrogen-bond donors (Lipinski definition) is 1. The van der Waals surface area contributed by atoms with E-state index in [1.807, 2.05) is 26.0 Å². The van der Waals surface area contributed by atoms with Gasteiger partial charge in [0.1, 0.15) is 18.6 Å². The van der Waals surface area contributed by atoms with E-state index in [1.54, 1.807) is 24.3 Å². The minimum absolute atomic E-state index is 0.0201. The van der Waals surface area contributed by atoms with Crippen molar-refractivity contribution < 1.29 is 27.5 Å². The van der Waals surface area contributed by atoms with Crippen molar-refractivity contribution in [2.75, 3.05) is 0 Å². The highest BCUT2D eigenvalue weighted by molar-refractivity contribution is 6.04. The first-order valence-corrected chi connectivity index (χ1v) is 9.77. The van der Waals surface area contributed by atoms with Gasteiger partial charge in [-0.1, -0.05) is 56.3 Å². The monoisotopic (exact) mass is 429 g/mol. The van der Waals surface area contributed by atoms with Crippen LogP contribution in [0.1, 0.15) is 35.3 Å². The van der Waals surface area contributed by atoms with Crippen LogP contribution in [0.15, 0.2) is 60.7 Å².